The normalized spacial score (nSPS) is 15.1. The fraction of sp³-hybridized carbons (Fsp3) is 0.190. The number of pyridine rings is 2. The lowest BCUT2D eigenvalue weighted by molar-refractivity contribution is -0.154. The Morgan fingerprint density at radius 1 is 0.625 bits per heavy atom. The number of esters is 2. The third kappa shape index (κ3) is 9.45. The van der Waals surface area contributed by atoms with Gasteiger partial charge in [-0.25, -0.2) is 19.6 Å². The van der Waals surface area contributed by atoms with Crippen molar-refractivity contribution in [2.75, 3.05) is 26.2 Å². The van der Waals surface area contributed by atoms with Gasteiger partial charge >= 0.3 is 11.9 Å². The largest absolute Gasteiger partial charge is 0.456 e. The van der Waals surface area contributed by atoms with E-state index >= 15 is 0 Å². The maximum absolute atomic E-state index is 14.7. The maximum atomic E-state index is 14.7. The van der Waals surface area contributed by atoms with Crippen LogP contribution in [0, 0.1) is 11.9 Å². The summed E-state index contributed by atoms with van der Waals surface area (Å²) in [6.07, 6.45) is 4.51. The van der Waals surface area contributed by atoms with E-state index in [9.17, 15) is 18.4 Å². The van der Waals surface area contributed by atoms with Gasteiger partial charge in [0.25, 0.3) is 0 Å². The quantitative estimate of drug-likeness (QED) is 0.0603. The molecular weight excluding hydrogens is 791 g/mol. The van der Waals surface area contributed by atoms with Gasteiger partial charge in [0.2, 0.25) is 11.9 Å². The number of carbonyl (C=O) groups excluding carboxylic acids is 2. The molecule has 0 spiro atoms. The molecule has 0 saturated carbocycles. The second kappa shape index (κ2) is 17.6. The van der Waals surface area contributed by atoms with Crippen LogP contribution in [0.1, 0.15) is 9.75 Å². The minimum atomic E-state index is -0.600. The number of rotatable bonds is 14. The van der Waals surface area contributed by atoms with E-state index in [2.05, 4.69) is 19.8 Å². The fourth-order valence-electron chi connectivity index (χ4n) is 6.33. The molecule has 2 aliphatic rings. The Morgan fingerprint density at radius 3 is 1.43 bits per heavy atom. The Balaban J connectivity index is 0.787. The number of halogens is 2. The Labute approximate surface area is 339 Å². The van der Waals surface area contributed by atoms with Gasteiger partial charge in [0, 0.05) is 106 Å². The molecule has 0 amide bonds. The minimum absolute atomic E-state index is 0.296. The van der Waals surface area contributed by atoms with Crippen LogP contribution < -0.4 is 0 Å². The lowest BCUT2D eigenvalue weighted by Gasteiger charge is -2.38. The molecule has 8 nitrogen and oxygen atoms in total. The predicted molar refractivity (Wildman–Crippen MR) is 216 cm³/mol. The first-order valence-corrected chi connectivity index (χ1v) is 21.1. The Bertz CT molecular complexity index is 2180. The van der Waals surface area contributed by atoms with Gasteiger partial charge in [0.1, 0.15) is 12.2 Å². The van der Waals surface area contributed by atoms with Gasteiger partial charge < -0.3 is 9.47 Å². The van der Waals surface area contributed by atoms with E-state index < -0.39 is 23.8 Å². The number of likely N-dealkylation sites (tertiary alicyclic amines) is 2. The number of benzene rings is 2. The average molecular weight is 825 g/mol. The van der Waals surface area contributed by atoms with Gasteiger partial charge in [0.15, 0.2) is 0 Å². The molecule has 0 unspecified atom stereocenters. The zero-order valence-corrected chi connectivity index (χ0v) is 33.0. The van der Waals surface area contributed by atoms with Gasteiger partial charge in [-0.2, -0.15) is 8.78 Å². The van der Waals surface area contributed by atoms with Crippen molar-refractivity contribution >= 4 is 58.1 Å². The summed E-state index contributed by atoms with van der Waals surface area (Å²) in [6.45, 7) is 3.46. The number of ether oxygens (including phenoxy) is 2. The molecule has 0 radical (unpaired) electrons. The number of hydrogen-bond donors (Lipinski definition) is 0. The summed E-state index contributed by atoms with van der Waals surface area (Å²) in [5.41, 5.74) is 2.54. The Kier molecular flexibility index (Phi) is 12.0. The first-order valence-electron chi connectivity index (χ1n) is 17.8. The second-order valence-electron chi connectivity index (χ2n) is 13.2. The van der Waals surface area contributed by atoms with E-state index in [4.69, 9.17) is 9.47 Å². The van der Waals surface area contributed by atoms with E-state index in [1.165, 1.54) is 12.4 Å². The van der Waals surface area contributed by atoms with Crippen molar-refractivity contribution in [2.24, 2.45) is 0 Å². The van der Waals surface area contributed by atoms with Crippen molar-refractivity contribution in [1.29, 1.82) is 0 Å². The van der Waals surface area contributed by atoms with Crippen molar-refractivity contribution in [3.63, 3.8) is 0 Å². The lowest BCUT2D eigenvalue weighted by atomic mass is 10.1. The molecule has 14 heteroatoms. The summed E-state index contributed by atoms with van der Waals surface area (Å²) in [6, 6.07) is 30.9. The fourth-order valence-corrected chi connectivity index (χ4v) is 11.3. The number of aromatic nitrogens is 2. The number of nitrogens with zero attached hydrogens (tertiary/aromatic N) is 4. The summed E-state index contributed by atoms with van der Waals surface area (Å²) >= 11 is 6.41. The summed E-state index contributed by atoms with van der Waals surface area (Å²) in [5.74, 6) is -2.22. The zero-order chi connectivity index (χ0) is 38.4. The minimum Gasteiger partial charge on any atom is -0.456 e. The van der Waals surface area contributed by atoms with Crippen molar-refractivity contribution < 1.29 is 27.8 Å². The molecule has 56 heavy (non-hydrogen) atoms. The molecule has 284 valence electrons. The number of thiophene rings is 2. The third-order valence-electron chi connectivity index (χ3n) is 9.03. The molecule has 0 aliphatic carbocycles. The summed E-state index contributed by atoms with van der Waals surface area (Å²) in [4.78, 5) is 41.3. The van der Waals surface area contributed by atoms with Crippen molar-refractivity contribution in [3.8, 4) is 22.3 Å². The average Bonchev–Trinajstić information content (AvgIpc) is 3.76. The molecule has 2 fully saturated rings. The molecule has 0 atom stereocenters. The second-order valence-corrected chi connectivity index (χ2v) is 18.1. The van der Waals surface area contributed by atoms with Gasteiger partial charge in [-0.3, -0.25) is 9.80 Å². The maximum Gasteiger partial charge on any atom is 0.331 e. The molecule has 6 heterocycles. The zero-order valence-electron chi connectivity index (χ0n) is 29.8. The van der Waals surface area contributed by atoms with Crippen LogP contribution in [-0.4, -0.2) is 70.1 Å². The molecule has 0 N–H and O–H groups in total. The highest BCUT2D eigenvalue weighted by Crippen LogP contribution is 2.44. The van der Waals surface area contributed by atoms with Crippen LogP contribution in [0.2, 0.25) is 0 Å². The van der Waals surface area contributed by atoms with E-state index in [1.807, 2.05) is 72.8 Å². The highest BCUT2D eigenvalue weighted by molar-refractivity contribution is 8.01. The van der Waals surface area contributed by atoms with Gasteiger partial charge in [0.05, 0.1) is 8.42 Å². The van der Waals surface area contributed by atoms with E-state index in [-0.39, 0.29) is 12.2 Å². The Morgan fingerprint density at radius 2 is 1.04 bits per heavy atom. The van der Waals surface area contributed by atoms with E-state index in [0.29, 0.717) is 50.4 Å². The van der Waals surface area contributed by atoms with Crippen molar-refractivity contribution in [1.82, 2.24) is 19.8 Å². The van der Waals surface area contributed by atoms with E-state index in [1.54, 1.807) is 70.5 Å². The molecule has 2 aromatic carbocycles. The van der Waals surface area contributed by atoms with Crippen LogP contribution in [0.25, 0.3) is 22.3 Å². The van der Waals surface area contributed by atoms with E-state index in [0.717, 1.165) is 51.2 Å². The van der Waals surface area contributed by atoms with Crippen LogP contribution >= 0.6 is 46.2 Å². The van der Waals surface area contributed by atoms with Gasteiger partial charge in [-0.15, -0.1) is 22.7 Å². The van der Waals surface area contributed by atoms with Crippen LogP contribution in [0.5, 0.6) is 0 Å². The standard InChI is InChI=1S/C42H34F2N4O4S4/c43-39-33(13-7-17-45-39)35-19-31(55-41(35)53-29-9-3-1-4-10-29)25-47-21-27(22-47)51-37(49)15-16-38(50)52-28-23-48(24-28)26-32-20-36(34-14-8-18-46-40(34)44)42(56-32)54-30-11-5-2-6-12-30/h1-20,27-28H,21-26H2/b16-15+. The summed E-state index contributed by atoms with van der Waals surface area (Å²) in [7, 11) is 0. The first kappa shape index (κ1) is 38.2. The smallest absolute Gasteiger partial charge is 0.331 e. The summed E-state index contributed by atoms with van der Waals surface area (Å²) < 4.78 is 42.5. The SMILES string of the molecule is O=C(/C=C/C(=O)OC1CN(Cc2cc(-c3cccnc3F)c(Sc3ccccc3)s2)C1)OC1CN(Cc2cc(-c3cccnc3F)c(Sc3ccccc3)s2)C1. The Hall–Kier alpha value is -4.70. The first-order chi connectivity index (χ1) is 27.3. The monoisotopic (exact) mass is 824 g/mol. The van der Waals surface area contributed by atoms with Crippen LogP contribution in [0.15, 0.2) is 140 Å². The number of hydrogen-bond acceptors (Lipinski definition) is 12. The molecule has 2 saturated heterocycles. The lowest BCUT2D eigenvalue weighted by Crippen LogP contribution is -2.52. The van der Waals surface area contributed by atoms with Crippen LogP contribution in [0.4, 0.5) is 8.78 Å². The molecular formula is C42H34F2N4O4S4. The molecule has 4 aromatic heterocycles. The highest BCUT2D eigenvalue weighted by atomic mass is 32.2. The van der Waals surface area contributed by atoms with Crippen molar-refractivity contribution in [2.45, 2.75) is 43.5 Å². The molecule has 0 bridgehead atoms. The predicted octanol–water partition coefficient (Wildman–Crippen LogP) is 9.23. The van der Waals surface area contributed by atoms with Gasteiger partial charge in [-0.1, -0.05) is 59.9 Å². The van der Waals surface area contributed by atoms with Crippen molar-refractivity contribution in [3.05, 3.63) is 143 Å². The molecule has 2 aliphatic heterocycles. The number of carbonyl (C=O) groups is 2. The van der Waals surface area contributed by atoms with Crippen LogP contribution in [0.3, 0.4) is 0 Å². The summed E-state index contributed by atoms with van der Waals surface area (Å²) in [5, 5.41) is 0. The van der Waals surface area contributed by atoms with Crippen LogP contribution in [-0.2, 0) is 32.2 Å². The highest BCUT2D eigenvalue weighted by Gasteiger charge is 2.32. The molecule has 6 aromatic rings. The topological polar surface area (TPSA) is 84.9 Å². The molecule has 8 rings (SSSR count). The third-order valence-corrected chi connectivity index (χ3v) is 13.7. The van der Waals surface area contributed by atoms with Gasteiger partial charge in [-0.05, 0) is 60.7 Å².